The lowest BCUT2D eigenvalue weighted by atomic mass is 9.94. The van der Waals surface area contributed by atoms with Crippen LogP contribution in [0.1, 0.15) is 43.0 Å². The molecule has 0 radical (unpaired) electrons. The van der Waals surface area contributed by atoms with Gasteiger partial charge in [-0.25, -0.2) is 9.59 Å². The van der Waals surface area contributed by atoms with Gasteiger partial charge in [-0.15, -0.1) is 0 Å². The van der Waals surface area contributed by atoms with Crippen LogP contribution in [0.25, 0.3) is 0 Å². The molecule has 2 rings (SSSR count). The molecular formula is C28H39NO9. The van der Waals surface area contributed by atoms with Crippen LogP contribution in [-0.2, 0) is 33.9 Å². The maximum atomic E-state index is 12.7. The molecule has 0 bridgehead atoms. The summed E-state index contributed by atoms with van der Waals surface area (Å²) in [4.78, 5) is 26.2. The van der Waals surface area contributed by atoms with Crippen molar-refractivity contribution in [2.75, 3.05) is 35.5 Å². The molecule has 0 spiro atoms. The fourth-order valence-electron chi connectivity index (χ4n) is 4.05. The summed E-state index contributed by atoms with van der Waals surface area (Å²) in [5.41, 5.74) is 1.85. The fourth-order valence-corrected chi connectivity index (χ4v) is 4.05. The highest BCUT2D eigenvalue weighted by Gasteiger charge is 2.34. The maximum Gasteiger partial charge on any atom is 0.410 e. The van der Waals surface area contributed by atoms with Gasteiger partial charge in [-0.1, -0.05) is 12.1 Å². The van der Waals surface area contributed by atoms with Gasteiger partial charge in [-0.2, -0.15) is 0 Å². The standard InChI is InChI=1S/C28H39NO9/c1-17-23(34-7)20(14-22(26(30)31)29(5)27(32)38-28(2,3)4)21(25(36-9)24(17)35-8)16-37-15-18-10-12-19(33-6)13-11-18/h10-13,22H,14-16H2,1-9H3,(H,30,31)/t22-/m0/s1. The van der Waals surface area contributed by atoms with Crippen molar-refractivity contribution in [2.45, 2.75) is 59.0 Å². The molecule has 10 heteroatoms. The van der Waals surface area contributed by atoms with Crippen LogP contribution in [0.3, 0.4) is 0 Å². The summed E-state index contributed by atoms with van der Waals surface area (Å²) >= 11 is 0. The quantitative estimate of drug-likeness (QED) is 0.418. The Morgan fingerprint density at radius 3 is 1.92 bits per heavy atom. The first-order valence-corrected chi connectivity index (χ1v) is 12.1. The van der Waals surface area contributed by atoms with Gasteiger partial charge < -0.3 is 33.5 Å². The Balaban J connectivity index is 2.51. The zero-order valence-corrected chi connectivity index (χ0v) is 23.7. The predicted octanol–water partition coefficient (Wildman–Crippen LogP) is 4.61. The number of carboxylic acid groups (broad SMARTS) is 1. The zero-order valence-electron chi connectivity index (χ0n) is 23.7. The largest absolute Gasteiger partial charge is 0.497 e. The average molecular weight is 534 g/mol. The van der Waals surface area contributed by atoms with Crippen LogP contribution >= 0.6 is 0 Å². The molecule has 2 aromatic rings. The van der Waals surface area contributed by atoms with Crippen molar-refractivity contribution in [3.63, 3.8) is 0 Å². The van der Waals surface area contributed by atoms with Gasteiger partial charge in [-0.3, -0.25) is 4.90 Å². The second-order valence-electron chi connectivity index (χ2n) is 9.67. The first-order valence-electron chi connectivity index (χ1n) is 12.1. The third-order valence-electron chi connectivity index (χ3n) is 5.92. The lowest BCUT2D eigenvalue weighted by Gasteiger charge is -2.30. The lowest BCUT2D eigenvalue weighted by Crippen LogP contribution is -2.46. The number of ether oxygens (including phenoxy) is 6. The van der Waals surface area contributed by atoms with Crippen molar-refractivity contribution in [1.82, 2.24) is 4.90 Å². The van der Waals surface area contributed by atoms with Crippen molar-refractivity contribution < 1.29 is 43.1 Å². The van der Waals surface area contributed by atoms with E-state index in [0.29, 0.717) is 33.9 Å². The molecule has 10 nitrogen and oxygen atoms in total. The molecule has 0 heterocycles. The molecule has 2 aromatic carbocycles. The molecule has 38 heavy (non-hydrogen) atoms. The van der Waals surface area contributed by atoms with Crippen molar-refractivity contribution in [3.8, 4) is 23.0 Å². The number of hydrogen-bond acceptors (Lipinski definition) is 8. The molecule has 210 valence electrons. The number of nitrogens with zero attached hydrogens (tertiary/aromatic N) is 1. The lowest BCUT2D eigenvalue weighted by molar-refractivity contribution is -0.142. The highest BCUT2D eigenvalue weighted by atomic mass is 16.6. The van der Waals surface area contributed by atoms with Crippen LogP contribution in [-0.4, -0.2) is 69.2 Å². The number of carbonyl (C=O) groups is 2. The predicted molar refractivity (Wildman–Crippen MR) is 141 cm³/mol. The van der Waals surface area contributed by atoms with Gasteiger partial charge in [0.1, 0.15) is 23.1 Å². The summed E-state index contributed by atoms with van der Waals surface area (Å²) in [7, 11) is 7.51. The van der Waals surface area contributed by atoms with E-state index in [1.54, 1.807) is 34.8 Å². The molecule has 0 unspecified atom stereocenters. The van der Waals surface area contributed by atoms with E-state index in [1.165, 1.54) is 28.4 Å². The minimum absolute atomic E-state index is 0.0695. The number of rotatable bonds is 12. The van der Waals surface area contributed by atoms with E-state index >= 15 is 0 Å². The van der Waals surface area contributed by atoms with Gasteiger partial charge in [0.05, 0.1) is 41.7 Å². The normalized spacial score (nSPS) is 11.9. The van der Waals surface area contributed by atoms with Gasteiger partial charge in [0.15, 0.2) is 11.5 Å². The third kappa shape index (κ3) is 7.44. The molecule has 0 aliphatic carbocycles. The van der Waals surface area contributed by atoms with E-state index in [1.807, 2.05) is 24.3 Å². The number of benzene rings is 2. The number of methoxy groups -OCH3 is 4. The number of carboxylic acids is 1. The molecule has 1 N–H and O–H groups in total. The Labute approximate surface area is 224 Å². The summed E-state index contributed by atoms with van der Waals surface area (Å²) in [6.45, 7) is 7.29. The summed E-state index contributed by atoms with van der Waals surface area (Å²) in [6.07, 6.45) is -0.838. The Morgan fingerprint density at radius 1 is 0.868 bits per heavy atom. The molecule has 1 atom stereocenters. The number of carbonyl (C=O) groups excluding carboxylic acids is 1. The third-order valence-corrected chi connectivity index (χ3v) is 5.92. The van der Waals surface area contributed by atoms with Gasteiger partial charge in [0, 0.05) is 30.2 Å². The second-order valence-corrected chi connectivity index (χ2v) is 9.67. The topological polar surface area (TPSA) is 113 Å². The SMILES string of the molecule is COc1ccc(COCc2c(C[C@@H](C(=O)O)N(C)C(=O)OC(C)(C)C)c(OC)c(C)c(OC)c2OC)cc1. The van der Waals surface area contributed by atoms with Gasteiger partial charge in [0.25, 0.3) is 0 Å². The minimum Gasteiger partial charge on any atom is -0.497 e. The second kappa shape index (κ2) is 13.2. The Bertz CT molecular complexity index is 1110. The van der Waals surface area contributed by atoms with E-state index in [9.17, 15) is 14.7 Å². The first-order chi connectivity index (χ1) is 17.9. The van der Waals surface area contributed by atoms with E-state index in [2.05, 4.69) is 0 Å². The summed E-state index contributed by atoms with van der Waals surface area (Å²) in [6, 6.07) is 6.21. The molecule has 0 fully saturated rings. The molecule has 0 saturated carbocycles. The van der Waals surface area contributed by atoms with Crippen LogP contribution in [0.2, 0.25) is 0 Å². The monoisotopic (exact) mass is 533 g/mol. The zero-order chi connectivity index (χ0) is 28.6. The van der Waals surface area contributed by atoms with E-state index in [4.69, 9.17) is 28.4 Å². The Hall–Kier alpha value is -3.66. The van der Waals surface area contributed by atoms with Crippen LogP contribution in [0.5, 0.6) is 23.0 Å². The van der Waals surface area contributed by atoms with Gasteiger partial charge in [0.2, 0.25) is 0 Å². The molecule has 1 amide bonds. The minimum atomic E-state index is -1.25. The van der Waals surface area contributed by atoms with Crippen LogP contribution < -0.4 is 18.9 Å². The van der Waals surface area contributed by atoms with E-state index in [0.717, 1.165) is 16.2 Å². The number of hydrogen-bond donors (Lipinski definition) is 1. The van der Waals surface area contributed by atoms with Crippen LogP contribution in [0.4, 0.5) is 4.79 Å². The van der Waals surface area contributed by atoms with Crippen LogP contribution in [0, 0.1) is 6.92 Å². The van der Waals surface area contributed by atoms with Gasteiger partial charge in [-0.05, 0) is 45.4 Å². The van der Waals surface area contributed by atoms with Crippen molar-refractivity contribution in [2.24, 2.45) is 0 Å². The Kier molecular flexibility index (Phi) is 10.6. The number of amides is 1. The smallest absolute Gasteiger partial charge is 0.410 e. The molecule has 0 aliphatic rings. The average Bonchev–Trinajstić information content (AvgIpc) is 2.86. The highest BCUT2D eigenvalue weighted by molar-refractivity contribution is 5.81. The van der Waals surface area contributed by atoms with E-state index < -0.39 is 23.7 Å². The molecule has 0 saturated heterocycles. The van der Waals surface area contributed by atoms with Gasteiger partial charge >= 0.3 is 12.1 Å². The molecule has 0 aliphatic heterocycles. The van der Waals surface area contributed by atoms with Crippen molar-refractivity contribution in [3.05, 3.63) is 46.5 Å². The maximum absolute atomic E-state index is 12.7. The number of aliphatic carboxylic acids is 1. The summed E-state index contributed by atoms with van der Waals surface area (Å²) < 4.78 is 33.7. The summed E-state index contributed by atoms with van der Waals surface area (Å²) in [5, 5.41) is 10.1. The van der Waals surface area contributed by atoms with E-state index in [-0.39, 0.29) is 19.6 Å². The molecule has 0 aromatic heterocycles. The van der Waals surface area contributed by atoms with Crippen molar-refractivity contribution >= 4 is 12.1 Å². The van der Waals surface area contributed by atoms with Crippen molar-refractivity contribution in [1.29, 1.82) is 0 Å². The fraction of sp³-hybridized carbons (Fsp3) is 0.500. The summed E-state index contributed by atoms with van der Waals surface area (Å²) in [5.74, 6) is 0.815. The Morgan fingerprint density at radius 2 is 1.45 bits per heavy atom. The van der Waals surface area contributed by atoms with Crippen LogP contribution in [0.15, 0.2) is 24.3 Å². The molecular weight excluding hydrogens is 494 g/mol. The number of likely N-dealkylation sites (N-methyl/N-ethyl adjacent to an activating group) is 1. The first kappa shape index (κ1) is 30.6. The highest BCUT2D eigenvalue weighted by Crippen LogP contribution is 2.45.